The van der Waals surface area contributed by atoms with Crippen LogP contribution in [0, 0.1) is 5.92 Å². The van der Waals surface area contributed by atoms with Crippen LogP contribution in [0.15, 0.2) is 39.7 Å². The molecule has 3 rings (SSSR count). The minimum absolute atomic E-state index is 0.101. The molecule has 1 aliphatic heterocycles. The molecule has 2 heterocycles. The smallest absolute Gasteiger partial charge is 0.326 e. The van der Waals surface area contributed by atoms with E-state index < -0.39 is 17.9 Å². The van der Waals surface area contributed by atoms with Crippen LogP contribution in [-0.2, 0) is 9.59 Å². The fraction of sp³-hybridized carbons (Fsp3) is 0.250. The highest BCUT2D eigenvalue weighted by Crippen LogP contribution is 2.36. The predicted molar refractivity (Wildman–Crippen MR) is 120 cm³/mol. The second-order valence-corrected chi connectivity index (χ2v) is 9.36. The number of amides is 1. The lowest BCUT2D eigenvalue weighted by Gasteiger charge is -2.24. The standard InChI is InChI=1S/C20H17Cl2NO4S2/c1-10(2)7-15(19(25)26)23-18(24)17(29-20(23)28)9-12-4-6-16(27-12)11-3-5-13(21)14(22)8-11/h3-6,8-10,15H,7H2,1-2H3,(H,25,26)/b17-9+/t15-/m0/s1. The molecular formula is C20H17Cl2NO4S2. The summed E-state index contributed by atoms with van der Waals surface area (Å²) in [4.78, 5) is 26.0. The van der Waals surface area contributed by atoms with Gasteiger partial charge in [-0.25, -0.2) is 4.79 Å². The minimum atomic E-state index is -1.07. The zero-order valence-corrected chi connectivity index (χ0v) is 18.7. The van der Waals surface area contributed by atoms with E-state index >= 15 is 0 Å². The van der Waals surface area contributed by atoms with Gasteiger partial charge in [0, 0.05) is 11.6 Å². The van der Waals surface area contributed by atoms with Gasteiger partial charge in [0.05, 0.1) is 15.0 Å². The van der Waals surface area contributed by atoms with E-state index in [0.717, 1.165) is 17.3 Å². The van der Waals surface area contributed by atoms with Gasteiger partial charge in [0.1, 0.15) is 21.9 Å². The van der Waals surface area contributed by atoms with Crippen molar-refractivity contribution >= 4 is 69.5 Å². The largest absolute Gasteiger partial charge is 0.480 e. The van der Waals surface area contributed by atoms with Crippen LogP contribution in [0.25, 0.3) is 17.4 Å². The first-order valence-corrected chi connectivity index (χ1v) is 10.7. The Hall–Kier alpha value is -1.80. The number of carboxylic acid groups (broad SMARTS) is 1. The highest BCUT2D eigenvalue weighted by atomic mass is 35.5. The number of thioether (sulfide) groups is 1. The molecule has 0 radical (unpaired) electrons. The van der Waals surface area contributed by atoms with Gasteiger partial charge in [0.2, 0.25) is 0 Å². The molecule has 9 heteroatoms. The molecule has 2 aromatic rings. The first-order chi connectivity index (χ1) is 13.7. The Morgan fingerprint density at radius 1 is 1.28 bits per heavy atom. The summed E-state index contributed by atoms with van der Waals surface area (Å²) in [6.07, 6.45) is 1.88. The van der Waals surface area contributed by atoms with Crippen LogP contribution < -0.4 is 0 Å². The summed E-state index contributed by atoms with van der Waals surface area (Å²) in [5.74, 6) is -0.393. The molecule has 5 nitrogen and oxygen atoms in total. The van der Waals surface area contributed by atoms with Crippen LogP contribution in [0.4, 0.5) is 0 Å². The van der Waals surface area contributed by atoms with E-state index in [1.54, 1.807) is 36.4 Å². The molecule has 1 atom stereocenters. The number of hydrogen-bond donors (Lipinski definition) is 1. The Labute approximate surface area is 187 Å². The second-order valence-electron chi connectivity index (χ2n) is 6.87. The first kappa shape index (κ1) is 21.9. The van der Waals surface area contributed by atoms with Gasteiger partial charge in [-0.3, -0.25) is 9.69 Å². The van der Waals surface area contributed by atoms with Crippen molar-refractivity contribution < 1.29 is 19.1 Å². The average Bonchev–Trinajstić information content (AvgIpc) is 3.20. The number of benzene rings is 1. The molecule has 29 heavy (non-hydrogen) atoms. The number of halogens is 2. The molecule has 1 N–H and O–H groups in total. The van der Waals surface area contributed by atoms with Gasteiger partial charge in [-0.2, -0.15) is 0 Å². The van der Waals surface area contributed by atoms with Crippen LogP contribution in [0.1, 0.15) is 26.0 Å². The Balaban J connectivity index is 1.85. The van der Waals surface area contributed by atoms with Gasteiger partial charge in [-0.05, 0) is 42.7 Å². The SMILES string of the molecule is CC(C)C[C@@H](C(=O)O)N1C(=O)/C(=C\c2ccc(-c3ccc(Cl)c(Cl)c3)o2)SC1=S. The van der Waals surface area contributed by atoms with Crippen molar-refractivity contribution in [2.75, 3.05) is 0 Å². The number of nitrogens with zero attached hydrogens (tertiary/aromatic N) is 1. The van der Waals surface area contributed by atoms with Crippen molar-refractivity contribution in [2.24, 2.45) is 5.92 Å². The molecule has 1 fully saturated rings. The van der Waals surface area contributed by atoms with Crippen molar-refractivity contribution in [1.29, 1.82) is 0 Å². The van der Waals surface area contributed by atoms with E-state index in [4.69, 9.17) is 39.8 Å². The van der Waals surface area contributed by atoms with E-state index in [0.29, 0.717) is 32.9 Å². The lowest BCUT2D eigenvalue weighted by atomic mass is 10.0. The third kappa shape index (κ3) is 4.86. The third-order valence-electron chi connectivity index (χ3n) is 4.22. The van der Waals surface area contributed by atoms with Crippen LogP contribution in [0.3, 0.4) is 0 Å². The molecular weight excluding hydrogens is 453 g/mol. The summed E-state index contributed by atoms with van der Waals surface area (Å²) in [5.41, 5.74) is 0.745. The summed E-state index contributed by atoms with van der Waals surface area (Å²) in [7, 11) is 0. The number of furan rings is 1. The van der Waals surface area contributed by atoms with Gasteiger partial charge in [-0.15, -0.1) is 0 Å². The monoisotopic (exact) mass is 469 g/mol. The molecule has 1 aliphatic rings. The number of thiocarbonyl (C=S) groups is 1. The number of rotatable bonds is 6. The number of hydrogen-bond acceptors (Lipinski definition) is 5. The van der Waals surface area contributed by atoms with E-state index in [1.807, 2.05) is 13.8 Å². The van der Waals surface area contributed by atoms with Crippen LogP contribution in [0.5, 0.6) is 0 Å². The van der Waals surface area contributed by atoms with Gasteiger partial charge < -0.3 is 9.52 Å². The van der Waals surface area contributed by atoms with Gasteiger partial charge in [0.15, 0.2) is 0 Å². The van der Waals surface area contributed by atoms with E-state index in [2.05, 4.69) is 0 Å². The van der Waals surface area contributed by atoms with E-state index in [9.17, 15) is 14.7 Å². The van der Waals surface area contributed by atoms with Crippen molar-refractivity contribution in [1.82, 2.24) is 4.90 Å². The van der Waals surface area contributed by atoms with Gasteiger partial charge >= 0.3 is 5.97 Å². The average molecular weight is 470 g/mol. The Morgan fingerprint density at radius 2 is 2.00 bits per heavy atom. The Morgan fingerprint density at radius 3 is 2.62 bits per heavy atom. The van der Waals surface area contributed by atoms with Crippen LogP contribution >= 0.6 is 47.2 Å². The maximum Gasteiger partial charge on any atom is 0.326 e. The highest BCUT2D eigenvalue weighted by Gasteiger charge is 2.40. The number of aliphatic carboxylic acids is 1. The molecule has 0 bridgehead atoms. The maximum absolute atomic E-state index is 12.8. The number of carboxylic acids is 1. The van der Waals surface area contributed by atoms with E-state index in [1.165, 1.54) is 4.90 Å². The molecule has 1 aromatic carbocycles. The molecule has 1 aromatic heterocycles. The summed E-state index contributed by atoms with van der Waals surface area (Å²) >= 11 is 18.3. The Bertz CT molecular complexity index is 1020. The predicted octanol–water partition coefficient (Wildman–Crippen LogP) is 5.95. The van der Waals surface area contributed by atoms with Crippen molar-refractivity contribution in [2.45, 2.75) is 26.3 Å². The fourth-order valence-electron chi connectivity index (χ4n) is 2.88. The van der Waals surface area contributed by atoms with E-state index in [-0.39, 0.29) is 10.2 Å². The maximum atomic E-state index is 12.8. The molecule has 0 saturated carbocycles. The number of carbonyl (C=O) groups excluding carboxylic acids is 1. The van der Waals surface area contributed by atoms with Gasteiger partial charge in [-0.1, -0.05) is 61.0 Å². The molecule has 152 valence electrons. The topological polar surface area (TPSA) is 70.8 Å². The Kier molecular flexibility index (Phi) is 6.73. The minimum Gasteiger partial charge on any atom is -0.480 e. The molecule has 0 spiro atoms. The summed E-state index contributed by atoms with van der Waals surface area (Å²) in [6, 6.07) is 7.62. The molecule has 1 amide bonds. The molecule has 1 saturated heterocycles. The normalized spacial score (nSPS) is 16.9. The second kappa shape index (κ2) is 8.92. The summed E-state index contributed by atoms with van der Waals surface area (Å²) < 4.78 is 6.02. The summed E-state index contributed by atoms with van der Waals surface area (Å²) in [5, 5.41) is 10.4. The molecule has 0 aliphatic carbocycles. The van der Waals surface area contributed by atoms with Crippen LogP contribution in [0.2, 0.25) is 10.0 Å². The lowest BCUT2D eigenvalue weighted by Crippen LogP contribution is -2.44. The quantitative estimate of drug-likeness (QED) is 0.415. The zero-order chi connectivity index (χ0) is 21.3. The number of carbonyl (C=O) groups is 2. The fourth-order valence-corrected chi connectivity index (χ4v) is 4.51. The van der Waals surface area contributed by atoms with Crippen molar-refractivity contribution in [3.8, 4) is 11.3 Å². The zero-order valence-electron chi connectivity index (χ0n) is 15.5. The van der Waals surface area contributed by atoms with Crippen molar-refractivity contribution in [3.63, 3.8) is 0 Å². The summed E-state index contributed by atoms with van der Waals surface area (Å²) in [6.45, 7) is 3.80. The molecule has 0 unspecified atom stereocenters. The van der Waals surface area contributed by atoms with Gasteiger partial charge in [0.25, 0.3) is 5.91 Å². The lowest BCUT2D eigenvalue weighted by molar-refractivity contribution is -0.145. The third-order valence-corrected chi connectivity index (χ3v) is 6.29. The first-order valence-electron chi connectivity index (χ1n) is 8.72. The van der Waals surface area contributed by atoms with Crippen LogP contribution in [-0.4, -0.2) is 32.2 Å². The van der Waals surface area contributed by atoms with Crippen molar-refractivity contribution in [3.05, 3.63) is 51.0 Å². The highest BCUT2D eigenvalue weighted by molar-refractivity contribution is 8.26.